The first-order chi connectivity index (χ1) is 6.15. The fourth-order valence-electron chi connectivity index (χ4n) is 1.03. The van der Waals surface area contributed by atoms with Gasteiger partial charge in [0.05, 0.1) is 11.6 Å². The van der Waals surface area contributed by atoms with E-state index < -0.39 is 5.82 Å². The van der Waals surface area contributed by atoms with Gasteiger partial charge in [0.2, 0.25) is 0 Å². The predicted octanol–water partition coefficient (Wildman–Crippen LogP) is 3.58. The van der Waals surface area contributed by atoms with Crippen molar-refractivity contribution in [3.05, 3.63) is 28.5 Å². The summed E-state index contributed by atoms with van der Waals surface area (Å²) in [5, 5.41) is 0.339. The minimum atomic E-state index is -0.390. The number of benzene rings is 1. The first-order valence-corrected chi connectivity index (χ1v) is 4.61. The first-order valence-electron chi connectivity index (χ1n) is 4.23. The Balaban J connectivity index is 2.92. The highest BCUT2D eigenvalue weighted by Crippen LogP contribution is 2.28. The molecule has 0 aliphatic carbocycles. The van der Waals surface area contributed by atoms with Crippen molar-refractivity contribution in [2.45, 2.75) is 20.3 Å². The van der Waals surface area contributed by atoms with Crippen LogP contribution in [0.25, 0.3) is 0 Å². The third-order valence-corrected chi connectivity index (χ3v) is 1.87. The van der Waals surface area contributed by atoms with Gasteiger partial charge in [-0.1, -0.05) is 18.5 Å². The highest BCUT2D eigenvalue weighted by Gasteiger charge is 2.08. The Hall–Kier alpha value is -0.760. The molecule has 3 heteroatoms. The average molecular weight is 203 g/mol. The van der Waals surface area contributed by atoms with E-state index in [4.69, 9.17) is 16.3 Å². The summed E-state index contributed by atoms with van der Waals surface area (Å²) in [6.07, 6.45) is 0.837. The lowest BCUT2D eigenvalue weighted by molar-refractivity contribution is 0.301. The molecule has 0 aromatic heterocycles. The van der Waals surface area contributed by atoms with Gasteiger partial charge < -0.3 is 4.74 Å². The van der Waals surface area contributed by atoms with E-state index in [0.29, 0.717) is 11.6 Å². The number of hydrogen-bond donors (Lipinski definition) is 0. The van der Waals surface area contributed by atoms with E-state index in [1.807, 2.05) is 6.92 Å². The summed E-state index contributed by atoms with van der Waals surface area (Å²) in [6.45, 7) is 4.23. The summed E-state index contributed by atoms with van der Waals surface area (Å²) in [5.41, 5.74) is 0.798. The van der Waals surface area contributed by atoms with Crippen molar-refractivity contribution in [2.24, 2.45) is 0 Å². The van der Waals surface area contributed by atoms with Gasteiger partial charge in [0.15, 0.2) is 11.6 Å². The minimum Gasteiger partial charge on any atom is -0.489 e. The van der Waals surface area contributed by atoms with Crippen LogP contribution in [0, 0.1) is 12.7 Å². The van der Waals surface area contributed by atoms with E-state index in [2.05, 4.69) is 0 Å². The summed E-state index contributed by atoms with van der Waals surface area (Å²) in [6, 6.07) is 3.10. The van der Waals surface area contributed by atoms with E-state index in [9.17, 15) is 4.39 Å². The van der Waals surface area contributed by atoms with E-state index in [-0.39, 0.29) is 5.75 Å². The smallest absolute Gasteiger partial charge is 0.173 e. The zero-order valence-electron chi connectivity index (χ0n) is 7.73. The number of ether oxygens (including phenoxy) is 1. The molecule has 0 radical (unpaired) electrons. The zero-order chi connectivity index (χ0) is 9.84. The second-order valence-corrected chi connectivity index (χ2v) is 3.31. The summed E-state index contributed by atoms with van der Waals surface area (Å²) >= 11 is 5.81. The third kappa shape index (κ3) is 2.59. The fraction of sp³-hybridized carbons (Fsp3) is 0.400. The van der Waals surface area contributed by atoms with Crippen molar-refractivity contribution in [1.29, 1.82) is 0 Å². The zero-order valence-corrected chi connectivity index (χ0v) is 8.49. The van der Waals surface area contributed by atoms with Crippen molar-refractivity contribution in [3.8, 4) is 5.75 Å². The molecule has 1 rings (SSSR count). The quantitative estimate of drug-likeness (QED) is 0.728. The molecule has 0 fully saturated rings. The Kier molecular flexibility index (Phi) is 3.55. The Morgan fingerprint density at radius 1 is 1.46 bits per heavy atom. The van der Waals surface area contributed by atoms with Gasteiger partial charge in [0.1, 0.15) is 0 Å². The van der Waals surface area contributed by atoms with Gasteiger partial charge in [-0.2, -0.15) is 0 Å². The standard InChI is InChI=1S/C10H12ClFO/c1-3-4-13-10-8(11)5-7(2)6-9(10)12/h5-6H,3-4H2,1-2H3. The van der Waals surface area contributed by atoms with Gasteiger partial charge in [0, 0.05) is 0 Å². The maximum Gasteiger partial charge on any atom is 0.173 e. The average Bonchev–Trinajstić information content (AvgIpc) is 2.02. The Morgan fingerprint density at radius 2 is 2.15 bits per heavy atom. The van der Waals surface area contributed by atoms with Crippen LogP contribution >= 0.6 is 11.6 Å². The minimum absolute atomic E-state index is 0.161. The third-order valence-electron chi connectivity index (χ3n) is 1.59. The molecule has 0 N–H and O–H groups in total. The normalized spacial score (nSPS) is 10.2. The Bertz CT molecular complexity index is 276. The van der Waals surface area contributed by atoms with Crippen LogP contribution in [0.2, 0.25) is 5.02 Å². The predicted molar refractivity (Wildman–Crippen MR) is 51.9 cm³/mol. The molecule has 0 amide bonds. The van der Waals surface area contributed by atoms with Crippen LogP contribution in [0.4, 0.5) is 4.39 Å². The van der Waals surface area contributed by atoms with E-state index >= 15 is 0 Å². The lowest BCUT2D eigenvalue weighted by Crippen LogP contribution is -1.98. The molecule has 0 unspecified atom stereocenters. The molecule has 0 saturated heterocycles. The van der Waals surface area contributed by atoms with Gasteiger partial charge in [-0.3, -0.25) is 0 Å². The topological polar surface area (TPSA) is 9.23 Å². The van der Waals surface area contributed by atoms with Crippen LogP contribution in [0.15, 0.2) is 12.1 Å². The van der Waals surface area contributed by atoms with Crippen LogP contribution in [-0.2, 0) is 0 Å². The second kappa shape index (κ2) is 4.47. The molecular weight excluding hydrogens is 191 g/mol. The summed E-state index contributed by atoms with van der Waals surface area (Å²) in [5.74, 6) is -0.229. The van der Waals surface area contributed by atoms with Gasteiger partial charge in [-0.05, 0) is 31.0 Å². The van der Waals surface area contributed by atoms with Gasteiger partial charge in [0.25, 0.3) is 0 Å². The lowest BCUT2D eigenvalue weighted by Gasteiger charge is -2.08. The maximum atomic E-state index is 13.2. The van der Waals surface area contributed by atoms with Crippen molar-refractivity contribution in [2.75, 3.05) is 6.61 Å². The van der Waals surface area contributed by atoms with Crippen molar-refractivity contribution < 1.29 is 9.13 Å². The molecule has 72 valence electrons. The molecule has 0 heterocycles. The maximum absolute atomic E-state index is 13.2. The number of rotatable bonds is 3. The molecule has 0 aliphatic rings. The number of hydrogen-bond acceptors (Lipinski definition) is 1. The molecule has 0 bridgehead atoms. The van der Waals surface area contributed by atoms with Crippen LogP contribution in [0.5, 0.6) is 5.75 Å². The first kappa shape index (κ1) is 10.3. The highest BCUT2D eigenvalue weighted by atomic mass is 35.5. The summed E-state index contributed by atoms with van der Waals surface area (Å²) in [7, 11) is 0. The van der Waals surface area contributed by atoms with Crippen LogP contribution < -0.4 is 4.74 Å². The molecular formula is C10H12ClFO. The van der Waals surface area contributed by atoms with E-state index in [1.165, 1.54) is 6.07 Å². The van der Waals surface area contributed by atoms with E-state index in [0.717, 1.165) is 12.0 Å². The molecule has 0 saturated carbocycles. The highest BCUT2D eigenvalue weighted by molar-refractivity contribution is 6.32. The van der Waals surface area contributed by atoms with Gasteiger partial charge in [-0.15, -0.1) is 0 Å². The van der Waals surface area contributed by atoms with Crippen molar-refractivity contribution in [1.82, 2.24) is 0 Å². The molecule has 1 nitrogen and oxygen atoms in total. The molecule has 1 aromatic rings. The number of aryl methyl sites for hydroxylation is 1. The lowest BCUT2D eigenvalue weighted by atomic mass is 10.2. The largest absolute Gasteiger partial charge is 0.489 e. The SMILES string of the molecule is CCCOc1c(F)cc(C)cc1Cl. The van der Waals surface area contributed by atoms with Gasteiger partial charge in [-0.25, -0.2) is 4.39 Å². The Labute approximate surface area is 82.5 Å². The van der Waals surface area contributed by atoms with Crippen molar-refractivity contribution in [3.63, 3.8) is 0 Å². The van der Waals surface area contributed by atoms with Crippen LogP contribution in [0.1, 0.15) is 18.9 Å². The fourth-order valence-corrected chi connectivity index (χ4v) is 1.35. The van der Waals surface area contributed by atoms with Crippen molar-refractivity contribution >= 4 is 11.6 Å². The van der Waals surface area contributed by atoms with Crippen LogP contribution in [0.3, 0.4) is 0 Å². The monoisotopic (exact) mass is 202 g/mol. The molecule has 0 spiro atoms. The summed E-state index contributed by atoms with van der Waals surface area (Å²) in [4.78, 5) is 0. The number of halogens is 2. The van der Waals surface area contributed by atoms with E-state index in [1.54, 1.807) is 13.0 Å². The molecule has 13 heavy (non-hydrogen) atoms. The Morgan fingerprint density at radius 3 is 2.69 bits per heavy atom. The van der Waals surface area contributed by atoms with Crippen LogP contribution in [-0.4, -0.2) is 6.61 Å². The van der Waals surface area contributed by atoms with Gasteiger partial charge >= 0.3 is 0 Å². The molecule has 0 aliphatic heterocycles. The second-order valence-electron chi connectivity index (χ2n) is 2.91. The molecule has 0 atom stereocenters. The molecule has 1 aromatic carbocycles. The summed E-state index contributed by atoms with van der Waals surface area (Å²) < 4.78 is 18.4.